The van der Waals surface area contributed by atoms with Crippen molar-refractivity contribution in [3.63, 3.8) is 0 Å². The molecule has 1 aromatic rings. The molecule has 0 amide bonds. The molecule has 5 heteroatoms. The largest absolute Gasteiger partial charge is 0.417 e. The van der Waals surface area contributed by atoms with Crippen LogP contribution < -0.4 is 4.74 Å². The summed E-state index contributed by atoms with van der Waals surface area (Å²) in [5, 5.41) is 0. The predicted octanol–water partition coefficient (Wildman–Crippen LogP) is 3.34. The average molecular weight is 219 g/mol. The molecule has 0 N–H and O–H groups in total. The molecule has 0 spiro atoms. The lowest BCUT2D eigenvalue weighted by atomic mass is 9.99. The van der Waals surface area contributed by atoms with Gasteiger partial charge in [-0.3, -0.25) is 0 Å². The van der Waals surface area contributed by atoms with Gasteiger partial charge in [0.2, 0.25) is 5.88 Å². The molecule has 0 saturated heterocycles. The summed E-state index contributed by atoms with van der Waals surface area (Å²) >= 11 is 0. The fraction of sp³-hybridized carbons (Fsp3) is 0.500. The van der Waals surface area contributed by atoms with Crippen LogP contribution in [0.1, 0.15) is 31.7 Å². The van der Waals surface area contributed by atoms with Crippen molar-refractivity contribution in [1.29, 1.82) is 0 Å². The Bertz CT molecular complexity index is 330. The minimum atomic E-state index is -2.94. The molecule has 1 aromatic heterocycles. The average Bonchev–Trinajstić information content (AvgIpc) is 2.19. The third-order valence-corrected chi connectivity index (χ3v) is 2.21. The van der Waals surface area contributed by atoms with Gasteiger partial charge >= 0.3 is 6.61 Å². The molecule has 0 aliphatic carbocycles. The van der Waals surface area contributed by atoms with Gasteiger partial charge in [0.05, 0.1) is 6.20 Å². The summed E-state index contributed by atoms with van der Waals surface area (Å²) in [6.07, 6.45) is 1.62. The fourth-order valence-corrected chi connectivity index (χ4v) is 1.19. The van der Waals surface area contributed by atoms with Crippen LogP contribution in [-0.4, -0.2) is 11.6 Å². The highest BCUT2D eigenvalue weighted by atomic mass is 19.3. The van der Waals surface area contributed by atoms with Crippen molar-refractivity contribution in [2.45, 2.75) is 32.8 Å². The van der Waals surface area contributed by atoms with Crippen LogP contribution in [0.25, 0.3) is 0 Å². The van der Waals surface area contributed by atoms with Crippen molar-refractivity contribution in [3.05, 3.63) is 23.6 Å². The highest BCUT2D eigenvalue weighted by molar-refractivity contribution is 5.25. The Balaban J connectivity index is 2.94. The van der Waals surface area contributed by atoms with E-state index in [-0.39, 0.29) is 11.8 Å². The summed E-state index contributed by atoms with van der Waals surface area (Å²) in [4.78, 5) is 3.42. The highest BCUT2D eigenvalue weighted by Gasteiger charge is 2.13. The van der Waals surface area contributed by atoms with Gasteiger partial charge < -0.3 is 4.74 Å². The second-order valence-electron chi connectivity index (χ2n) is 3.23. The minimum Gasteiger partial charge on any atom is -0.417 e. The fourth-order valence-electron chi connectivity index (χ4n) is 1.19. The van der Waals surface area contributed by atoms with E-state index in [0.29, 0.717) is 5.56 Å². The van der Waals surface area contributed by atoms with Gasteiger partial charge in [-0.15, -0.1) is 0 Å². The van der Waals surface area contributed by atoms with Gasteiger partial charge in [-0.05, 0) is 17.9 Å². The van der Waals surface area contributed by atoms with Crippen molar-refractivity contribution in [1.82, 2.24) is 4.98 Å². The van der Waals surface area contributed by atoms with Crippen LogP contribution in [0, 0.1) is 5.82 Å². The smallest absolute Gasteiger partial charge is 0.388 e. The third-order valence-electron chi connectivity index (χ3n) is 2.21. The maximum atomic E-state index is 13.2. The lowest BCUT2D eigenvalue weighted by molar-refractivity contribution is -0.0529. The SMILES string of the molecule is CCC(C)c1cc(OC(F)F)ncc1F. The zero-order valence-corrected chi connectivity index (χ0v) is 8.51. The Kier molecular flexibility index (Phi) is 3.94. The van der Waals surface area contributed by atoms with E-state index in [1.165, 1.54) is 6.07 Å². The molecule has 0 fully saturated rings. The second kappa shape index (κ2) is 5.00. The number of pyridine rings is 1. The van der Waals surface area contributed by atoms with Crippen molar-refractivity contribution in [2.24, 2.45) is 0 Å². The molecule has 1 heterocycles. The van der Waals surface area contributed by atoms with Gasteiger partial charge in [0, 0.05) is 6.07 Å². The molecule has 0 aliphatic heterocycles. The summed E-state index contributed by atoms with van der Waals surface area (Å²) in [6.45, 7) is 0.760. The zero-order chi connectivity index (χ0) is 11.4. The van der Waals surface area contributed by atoms with Crippen LogP contribution >= 0.6 is 0 Å². The highest BCUT2D eigenvalue weighted by Crippen LogP contribution is 2.24. The first kappa shape index (κ1) is 11.8. The van der Waals surface area contributed by atoms with E-state index < -0.39 is 12.4 Å². The Morgan fingerprint density at radius 2 is 2.13 bits per heavy atom. The van der Waals surface area contributed by atoms with Gasteiger partial charge in [0.25, 0.3) is 0 Å². The molecule has 0 aromatic carbocycles. The quantitative estimate of drug-likeness (QED) is 0.774. The van der Waals surface area contributed by atoms with Gasteiger partial charge in [-0.2, -0.15) is 8.78 Å². The number of nitrogens with zero attached hydrogens (tertiary/aromatic N) is 1. The first-order chi connectivity index (χ1) is 7.04. The van der Waals surface area contributed by atoms with E-state index >= 15 is 0 Å². The molecule has 1 rings (SSSR count). The monoisotopic (exact) mass is 219 g/mol. The van der Waals surface area contributed by atoms with E-state index in [2.05, 4.69) is 9.72 Å². The van der Waals surface area contributed by atoms with Crippen molar-refractivity contribution < 1.29 is 17.9 Å². The first-order valence-electron chi connectivity index (χ1n) is 4.64. The summed E-state index contributed by atoms with van der Waals surface area (Å²) in [7, 11) is 0. The summed E-state index contributed by atoms with van der Waals surface area (Å²) in [5.74, 6) is -0.791. The number of ether oxygens (including phenoxy) is 1. The van der Waals surface area contributed by atoms with Gasteiger partial charge in [-0.1, -0.05) is 13.8 Å². The molecular weight excluding hydrogens is 207 g/mol. The van der Waals surface area contributed by atoms with Crippen molar-refractivity contribution in [3.8, 4) is 5.88 Å². The van der Waals surface area contributed by atoms with Gasteiger partial charge in [-0.25, -0.2) is 9.37 Å². The van der Waals surface area contributed by atoms with Crippen LogP contribution in [0.4, 0.5) is 13.2 Å². The molecule has 0 radical (unpaired) electrons. The van der Waals surface area contributed by atoms with Crippen LogP contribution in [0.15, 0.2) is 12.3 Å². The molecule has 84 valence electrons. The number of rotatable bonds is 4. The summed E-state index contributed by atoms with van der Waals surface area (Å²) in [6, 6.07) is 1.22. The van der Waals surface area contributed by atoms with E-state index in [1.54, 1.807) is 0 Å². The molecule has 15 heavy (non-hydrogen) atoms. The molecule has 1 unspecified atom stereocenters. The third kappa shape index (κ3) is 3.11. The Morgan fingerprint density at radius 3 is 2.67 bits per heavy atom. The molecule has 2 nitrogen and oxygen atoms in total. The molecule has 0 aliphatic rings. The number of alkyl halides is 2. The van der Waals surface area contributed by atoms with E-state index in [0.717, 1.165) is 12.6 Å². The van der Waals surface area contributed by atoms with E-state index in [1.807, 2.05) is 13.8 Å². The molecule has 1 atom stereocenters. The lowest BCUT2D eigenvalue weighted by Gasteiger charge is -2.11. The van der Waals surface area contributed by atoms with Crippen LogP contribution in [0.5, 0.6) is 5.88 Å². The first-order valence-corrected chi connectivity index (χ1v) is 4.64. The Hall–Kier alpha value is -1.26. The summed E-state index contributed by atoms with van der Waals surface area (Å²) in [5.41, 5.74) is 0.350. The van der Waals surface area contributed by atoms with Gasteiger partial charge in [0.1, 0.15) is 5.82 Å². The van der Waals surface area contributed by atoms with E-state index in [9.17, 15) is 13.2 Å². The normalized spacial score (nSPS) is 12.9. The predicted molar refractivity (Wildman–Crippen MR) is 49.5 cm³/mol. The molecule has 0 saturated carbocycles. The standard InChI is InChI=1S/C10H12F3NO/c1-3-6(2)7-4-9(15-10(12)13)14-5-8(7)11/h4-6,10H,3H2,1-2H3. The van der Waals surface area contributed by atoms with Crippen LogP contribution in [0.2, 0.25) is 0 Å². The van der Waals surface area contributed by atoms with Crippen LogP contribution in [-0.2, 0) is 0 Å². The van der Waals surface area contributed by atoms with E-state index in [4.69, 9.17) is 0 Å². The number of hydrogen-bond acceptors (Lipinski definition) is 2. The van der Waals surface area contributed by atoms with Crippen molar-refractivity contribution >= 4 is 0 Å². The number of halogens is 3. The maximum Gasteiger partial charge on any atom is 0.388 e. The van der Waals surface area contributed by atoms with Crippen molar-refractivity contribution in [2.75, 3.05) is 0 Å². The molecule has 0 bridgehead atoms. The summed E-state index contributed by atoms with van der Waals surface area (Å²) < 4.78 is 41.1. The minimum absolute atomic E-state index is 0.0481. The zero-order valence-electron chi connectivity index (χ0n) is 8.51. The second-order valence-corrected chi connectivity index (χ2v) is 3.23. The Morgan fingerprint density at radius 1 is 1.47 bits per heavy atom. The van der Waals surface area contributed by atoms with Gasteiger partial charge in [0.15, 0.2) is 0 Å². The topological polar surface area (TPSA) is 22.1 Å². The Labute approximate surface area is 86.1 Å². The molecular formula is C10H12F3NO. The van der Waals surface area contributed by atoms with Crippen LogP contribution in [0.3, 0.4) is 0 Å². The number of hydrogen-bond donors (Lipinski definition) is 0. The number of aromatic nitrogens is 1. The maximum absolute atomic E-state index is 13.2. The lowest BCUT2D eigenvalue weighted by Crippen LogP contribution is -2.05.